The van der Waals surface area contributed by atoms with Gasteiger partial charge in [0, 0.05) is 24.8 Å². The van der Waals surface area contributed by atoms with E-state index in [4.69, 9.17) is 9.47 Å². The van der Waals surface area contributed by atoms with E-state index in [1.165, 1.54) is 0 Å². The minimum absolute atomic E-state index is 0.0853. The zero-order valence-electron chi connectivity index (χ0n) is 12.7. The Labute approximate surface area is 120 Å². The molecule has 5 nitrogen and oxygen atoms in total. The van der Waals surface area contributed by atoms with Crippen molar-refractivity contribution < 1.29 is 14.3 Å². The molecule has 0 bridgehead atoms. The van der Waals surface area contributed by atoms with Crippen molar-refractivity contribution in [2.45, 2.75) is 40.3 Å². The number of hydrogen-bond acceptors (Lipinski definition) is 5. The Morgan fingerprint density at radius 1 is 1.40 bits per heavy atom. The Balaban J connectivity index is 2.47. The van der Waals surface area contributed by atoms with Crippen molar-refractivity contribution in [3.8, 4) is 5.88 Å². The molecular weight excluding hydrogens is 256 g/mol. The molecule has 1 N–H and O–H groups in total. The predicted octanol–water partition coefficient (Wildman–Crippen LogP) is 2.16. The van der Waals surface area contributed by atoms with Crippen LogP contribution in [-0.2, 0) is 16.1 Å². The minimum atomic E-state index is -0.176. The summed E-state index contributed by atoms with van der Waals surface area (Å²) in [5.41, 5.74) is 0.984. The number of pyridine rings is 1. The first-order valence-corrected chi connectivity index (χ1v) is 7.02. The molecule has 1 unspecified atom stereocenters. The van der Waals surface area contributed by atoms with Gasteiger partial charge in [-0.25, -0.2) is 4.98 Å². The maximum absolute atomic E-state index is 11.5. The standard InChI is InChI=1S/C15H24N2O3/c1-5-19-15(18)12(4)9-16-10-13-7-6-8-17-14(13)20-11(2)3/h6-8,11-12,16H,5,9-10H2,1-4H3. The first-order valence-electron chi connectivity index (χ1n) is 7.02. The third-order valence-electron chi connectivity index (χ3n) is 2.65. The Bertz CT molecular complexity index is 421. The summed E-state index contributed by atoms with van der Waals surface area (Å²) in [5.74, 6) is 0.296. The highest BCUT2D eigenvalue weighted by Gasteiger charge is 2.14. The van der Waals surface area contributed by atoms with E-state index in [-0.39, 0.29) is 18.0 Å². The third kappa shape index (κ3) is 5.57. The lowest BCUT2D eigenvalue weighted by molar-refractivity contribution is -0.147. The molecule has 112 valence electrons. The van der Waals surface area contributed by atoms with Crippen LogP contribution in [-0.4, -0.2) is 30.2 Å². The van der Waals surface area contributed by atoms with Gasteiger partial charge >= 0.3 is 5.97 Å². The van der Waals surface area contributed by atoms with Gasteiger partial charge in [-0.05, 0) is 26.8 Å². The van der Waals surface area contributed by atoms with Crippen molar-refractivity contribution in [2.24, 2.45) is 5.92 Å². The SMILES string of the molecule is CCOC(=O)C(C)CNCc1cccnc1OC(C)C. The molecule has 1 aromatic heterocycles. The number of aromatic nitrogens is 1. The largest absolute Gasteiger partial charge is 0.475 e. The molecule has 1 atom stereocenters. The van der Waals surface area contributed by atoms with E-state index in [9.17, 15) is 4.79 Å². The Morgan fingerprint density at radius 2 is 2.15 bits per heavy atom. The van der Waals surface area contributed by atoms with Gasteiger partial charge in [0.2, 0.25) is 5.88 Å². The van der Waals surface area contributed by atoms with Gasteiger partial charge in [-0.2, -0.15) is 0 Å². The van der Waals surface area contributed by atoms with Crippen LogP contribution < -0.4 is 10.1 Å². The van der Waals surface area contributed by atoms with E-state index in [1.54, 1.807) is 6.20 Å². The molecule has 0 fully saturated rings. The number of ether oxygens (including phenoxy) is 2. The van der Waals surface area contributed by atoms with Gasteiger partial charge in [0.1, 0.15) is 0 Å². The number of carbonyl (C=O) groups excluding carboxylic acids is 1. The van der Waals surface area contributed by atoms with Gasteiger partial charge in [0.05, 0.1) is 18.6 Å². The van der Waals surface area contributed by atoms with E-state index in [1.807, 2.05) is 39.8 Å². The molecule has 0 aliphatic heterocycles. The van der Waals surface area contributed by atoms with Gasteiger partial charge in [0.25, 0.3) is 0 Å². The maximum Gasteiger partial charge on any atom is 0.309 e. The highest BCUT2D eigenvalue weighted by Crippen LogP contribution is 2.15. The van der Waals surface area contributed by atoms with Crippen molar-refractivity contribution >= 4 is 5.97 Å². The van der Waals surface area contributed by atoms with Crippen LogP contribution in [0.2, 0.25) is 0 Å². The van der Waals surface area contributed by atoms with Crippen LogP contribution in [0.1, 0.15) is 33.3 Å². The van der Waals surface area contributed by atoms with Crippen LogP contribution >= 0.6 is 0 Å². The molecule has 1 heterocycles. The van der Waals surface area contributed by atoms with Gasteiger partial charge in [-0.1, -0.05) is 13.0 Å². The zero-order chi connectivity index (χ0) is 15.0. The van der Waals surface area contributed by atoms with Crippen LogP contribution in [0.3, 0.4) is 0 Å². The van der Waals surface area contributed by atoms with Crippen molar-refractivity contribution in [3.05, 3.63) is 23.9 Å². The fraction of sp³-hybridized carbons (Fsp3) is 0.600. The summed E-state index contributed by atoms with van der Waals surface area (Å²) in [4.78, 5) is 15.7. The molecule has 0 spiro atoms. The summed E-state index contributed by atoms with van der Waals surface area (Å²) in [6, 6.07) is 3.84. The minimum Gasteiger partial charge on any atom is -0.475 e. The summed E-state index contributed by atoms with van der Waals surface area (Å²) in [6.07, 6.45) is 1.80. The molecule has 0 aromatic carbocycles. The summed E-state index contributed by atoms with van der Waals surface area (Å²) in [7, 11) is 0. The second-order valence-electron chi connectivity index (χ2n) is 4.92. The lowest BCUT2D eigenvalue weighted by Gasteiger charge is -2.14. The van der Waals surface area contributed by atoms with E-state index in [0.29, 0.717) is 25.6 Å². The second kappa shape index (κ2) is 8.53. The fourth-order valence-corrected chi connectivity index (χ4v) is 1.68. The van der Waals surface area contributed by atoms with E-state index >= 15 is 0 Å². The third-order valence-corrected chi connectivity index (χ3v) is 2.65. The highest BCUT2D eigenvalue weighted by molar-refractivity contribution is 5.72. The number of carbonyl (C=O) groups is 1. The van der Waals surface area contributed by atoms with E-state index < -0.39 is 0 Å². The number of hydrogen-bond donors (Lipinski definition) is 1. The molecule has 0 radical (unpaired) electrons. The van der Waals surface area contributed by atoms with Gasteiger partial charge in [0.15, 0.2) is 0 Å². The molecule has 0 aliphatic rings. The molecule has 0 amide bonds. The van der Waals surface area contributed by atoms with Crippen LogP contribution in [0.25, 0.3) is 0 Å². The van der Waals surface area contributed by atoms with Gasteiger partial charge < -0.3 is 14.8 Å². The quantitative estimate of drug-likeness (QED) is 0.739. The lowest BCUT2D eigenvalue weighted by atomic mass is 10.2. The van der Waals surface area contributed by atoms with Crippen LogP contribution in [0.4, 0.5) is 0 Å². The first-order chi connectivity index (χ1) is 9.54. The number of nitrogens with one attached hydrogen (secondary N) is 1. The Morgan fingerprint density at radius 3 is 2.80 bits per heavy atom. The van der Waals surface area contributed by atoms with Gasteiger partial charge in [-0.15, -0.1) is 0 Å². The second-order valence-corrected chi connectivity index (χ2v) is 4.92. The van der Waals surface area contributed by atoms with Crippen molar-refractivity contribution in [3.63, 3.8) is 0 Å². The molecule has 0 aliphatic carbocycles. The Hall–Kier alpha value is -1.62. The van der Waals surface area contributed by atoms with Gasteiger partial charge in [-0.3, -0.25) is 4.79 Å². The summed E-state index contributed by atoms with van der Waals surface area (Å²) in [5, 5.41) is 3.23. The molecule has 1 rings (SSSR count). The van der Waals surface area contributed by atoms with Crippen molar-refractivity contribution in [2.75, 3.05) is 13.2 Å². The van der Waals surface area contributed by atoms with Crippen molar-refractivity contribution in [1.29, 1.82) is 0 Å². The number of esters is 1. The molecule has 0 saturated carbocycles. The predicted molar refractivity (Wildman–Crippen MR) is 77.5 cm³/mol. The molecular formula is C15H24N2O3. The molecule has 0 saturated heterocycles. The normalized spacial score (nSPS) is 12.2. The number of nitrogens with zero attached hydrogens (tertiary/aromatic N) is 1. The topological polar surface area (TPSA) is 60.5 Å². The van der Waals surface area contributed by atoms with E-state index in [0.717, 1.165) is 5.56 Å². The summed E-state index contributed by atoms with van der Waals surface area (Å²) < 4.78 is 10.6. The van der Waals surface area contributed by atoms with Crippen molar-refractivity contribution in [1.82, 2.24) is 10.3 Å². The highest BCUT2D eigenvalue weighted by atomic mass is 16.5. The maximum atomic E-state index is 11.5. The molecule has 5 heteroatoms. The zero-order valence-corrected chi connectivity index (χ0v) is 12.7. The molecule has 1 aromatic rings. The average Bonchev–Trinajstić information content (AvgIpc) is 2.40. The fourth-order valence-electron chi connectivity index (χ4n) is 1.68. The smallest absolute Gasteiger partial charge is 0.309 e. The molecule has 20 heavy (non-hydrogen) atoms. The van der Waals surface area contributed by atoms with E-state index in [2.05, 4.69) is 10.3 Å². The average molecular weight is 280 g/mol. The monoisotopic (exact) mass is 280 g/mol. The first kappa shape index (κ1) is 16.4. The summed E-state index contributed by atoms with van der Waals surface area (Å²) in [6.45, 7) is 9.18. The van der Waals surface area contributed by atoms with Crippen LogP contribution in [0, 0.1) is 5.92 Å². The number of rotatable bonds is 8. The summed E-state index contributed by atoms with van der Waals surface area (Å²) >= 11 is 0. The van der Waals surface area contributed by atoms with Crippen LogP contribution in [0.15, 0.2) is 18.3 Å². The van der Waals surface area contributed by atoms with Crippen LogP contribution in [0.5, 0.6) is 5.88 Å². The lowest BCUT2D eigenvalue weighted by Crippen LogP contribution is -2.28. The Kier molecular flexibility index (Phi) is 7.01.